The largest absolute Gasteiger partial charge is 0.397 e. The third kappa shape index (κ3) is 2.80. The van der Waals surface area contributed by atoms with Gasteiger partial charge in [-0.25, -0.2) is 8.78 Å². The highest BCUT2D eigenvalue weighted by molar-refractivity contribution is 7.90. The van der Waals surface area contributed by atoms with E-state index in [0.717, 1.165) is 12.1 Å². The summed E-state index contributed by atoms with van der Waals surface area (Å²) in [7, 11) is -3.93. The van der Waals surface area contributed by atoms with Crippen LogP contribution < -0.4 is 15.2 Å². The molecule has 4 N–H and O–H groups in total. The van der Waals surface area contributed by atoms with Crippen LogP contribution in [-0.4, -0.2) is 15.0 Å². The van der Waals surface area contributed by atoms with E-state index < -0.39 is 27.5 Å². The van der Waals surface area contributed by atoms with Crippen molar-refractivity contribution in [3.8, 4) is 0 Å². The molecule has 0 spiro atoms. The van der Waals surface area contributed by atoms with Gasteiger partial charge in [0, 0.05) is 6.54 Å². The van der Waals surface area contributed by atoms with Crippen LogP contribution in [0.5, 0.6) is 0 Å². The van der Waals surface area contributed by atoms with Crippen molar-refractivity contribution >= 4 is 21.6 Å². The van der Waals surface area contributed by atoms with Crippen molar-refractivity contribution in [2.75, 3.05) is 17.0 Å². The molecule has 0 saturated heterocycles. The lowest BCUT2D eigenvalue weighted by Crippen LogP contribution is -2.30. The highest BCUT2D eigenvalue weighted by atomic mass is 32.2. The fraction of sp³-hybridized carbons (Fsp3) is 0.250. The summed E-state index contributed by atoms with van der Waals surface area (Å²) >= 11 is 0. The Morgan fingerprint density at radius 3 is 2.56 bits per heavy atom. The molecule has 0 radical (unpaired) electrons. The van der Waals surface area contributed by atoms with Crippen molar-refractivity contribution in [1.82, 2.24) is 4.72 Å². The molecule has 8 heteroatoms. The minimum absolute atomic E-state index is 0.117. The van der Waals surface area contributed by atoms with E-state index in [0.29, 0.717) is 0 Å². The van der Waals surface area contributed by atoms with Crippen molar-refractivity contribution in [3.63, 3.8) is 0 Å². The average molecular weight is 251 g/mol. The summed E-state index contributed by atoms with van der Waals surface area (Å²) in [5.74, 6) is -2.51. The maximum absolute atomic E-state index is 13.2. The second-order valence-corrected chi connectivity index (χ2v) is 4.43. The number of hydrogen-bond acceptors (Lipinski definition) is 3. The summed E-state index contributed by atoms with van der Waals surface area (Å²) in [6.45, 7) is 1.66. The first kappa shape index (κ1) is 12.7. The number of rotatable bonds is 4. The predicted molar refractivity (Wildman–Crippen MR) is 57.0 cm³/mol. The Morgan fingerprint density at radius 2 is 2.00 bits per heavy atom. The van der Waals surface area contributed by atoms with Crippen LogP contribution in [0.15, 0.2) is 12.1 Å². The molecule has 1 aromatic carbocycles. The Morgan fingerprint density at radius 1 is 1.38 bits per heavy atom. The van der Waals surface area contributed by atoms with Gasteiger partial charge in [0.15, 0.2) is 11.6 Å². The summed E-state index contributed by atoms with van der Waals surface area (Å²) in [6.07, 6.45) is 0. The van der Waals surface area contributed by atoms with Gasteiger partial charge in [-0.2, -0.15) is 13.1 Å². The molecule has 1 rings (SSSR count). The SMILES string of the molecule is CCNS(=O)(=O)Nc1c(N)ccc(F)c1F. The number of anilines is 2. The first-order valence-electron chi connectivity index (χ1n) is 4.38. The van der Waals surface area contributed by atoms with Gasteiger partial charge in [0.2, 0.25) is 0 Å². The summed E-state index contributed by atoms with van der Waals surface area (Å²) in [5.41, 5.74) is 4.54. The van der Waals surface area contributed by atoms with Crippen molar-refractivity contribution in [2.45, 2.75) is 6.92 Å². The second-order valence-electron chi connectivity index (χ2n) is 2.93. The minimum atomic E-state index is -3.93. The van der Waals surface area contributed by atoms with E-state index >= 15 is 0 Å². The lowest BCUT2D eigenvalue weighted by molar-refractivity contribution is 0.512. The van der Waals surface area contributed by atoms with Gasteiger partial charge in [-0.1, -0.05) is 6.92 Å². The van der Waals surface area contributed by atoms with Crippen LogP contribution in [0.3, 0.4) is 0 Å². The number of nitrogens with one attached hydrogen (secondary N) is 2. The fourth-order valence-electron chi connectivity index (χ4n) is 1.03. The molecule has 0 aliphatic heterocycles. The zero-order chi connectivity index (χ0) is 12.3. The molecular weight excluding hydrogens is 240 g/mol. The third-order valence-electron chi connectivity index (χ3n) is 1.70. The highest BCUT2D eigenvalue weighted by Crippen LogP contribution is 2.25. The van der Waals surface area contributed by atoms with E-state index in [9.17, 15) is 17.2 Å². The zero-order valence-corrected chi connectivity index (χ0v) is 9.24. The molecule has 1 aromatic rings. The van der Waals surface area contributed by atoms with Gasteiger partial charge in [0.05, 0.1) is 5.69 Å². The summed E-state index contributed by atoms with van der Waals surface area (Å²) < 4.78 is 52.4. The van der Waals surface area contributed by atoms with Gasteiger partial charge in [0.25, 0.3) is 10.2 Å². The molecule has 0 atom stereocenters. The molecule has 16 heavy (non-hydrogen) atoms. The summed E-state index contributed by atoms with van der Waals surface area (Å²) in [5, 5.41) is 0. The van der Waals surface area contributed by atoms with Gasteiger partial charge >= 0.3 is 0 Å². The van der Waals surface area contributed by atoms with Crippen molar-refractivity contribution in [3.05, 3.63) is 23.8 Å². The second kappa shape index (κ2) is 4.62. The van der Waals surface area contributed by atoms with Crippen LogP contribution in [0, 0.1) is 11.6 Å². The fourth-order valence-corrected chi connectivity index (χ4v) is 1.96. The molecule has 0 heterocycles. The topological polar surface area (TPSA) is 84.2 Å². The maximum Gasteiger partial charge on any atom is 0.299 e. The number of halogens is 2. The Labute approximate surface area is 91.8 Å². The van der Waals surface area contributed by atoms with Gasteiger partial charge < -0.3 is 5.73 Å². The normalized spacial score (nSPS) is 11.4. The molecule has 5 nitrogen and oxygen atoms in total. The van der Waals surface area contributed by atoms with Crippen LogP contribution in [0.4, 0.5) is 20.2 Å². The molecule has 90 valence electrons. The van der Waals surface area contributed by atoms with E-state index in [1.165, 1.54) is 0 Å². The third-order valence-corrected chi connectivity index (χ3v) is 2.84. The predicted octanol–water partition coefficient (Wildman–Crippen LogP) is 0.813. The molecule has 0 aliphatic carbocycles. The van der Waals surface area contributed by atoms with Crippen molar-refractivity contribution in [1.29, 1.82) is 0 Å². The van der Waals surface area contributed by atoms with Crippen molar-refractivity contribution < 1.29 is 17.2 Å². The first-order chi connectivity index (χ1) is 7.37. The van der Waals surface area contributed by atoms with Crippen LogP contribution in [-0.2, 0) is 10.2 Å². The van der Waals surface area contributed by atoms with Gasteiger partial charge in [-0.15, -0.1) is 0 Å². The van der Waals surface area contributed by atoms with E-state index in [4.69, 9.17) is 5.73 Å². The Bertz CT molecular complexity index is 490. The highest BCUT2D eigenvalue weighted by Gasteiger charge is 2.17. The molecule has 0 aliphatic rings. The van der Waals surface area contributed by atoms with E-state index in [-0.39, 0.29) is 12.2 Å². The van der Waals surface area contributed by atoms with Gasteiger partial charge in [-0.3, -0.25) is 4.72 Å². The average Bonchev–Trinajstić information content (AvgIpc) is 2.19. The van der Waals surface area contributed by atoms with Crippen LogP contribution in [0.25, 0.3) is 0 Å². The smallest absolute Gasteiger partial charge is 0.299 e. The molecule has 0 bridgehead atoms. The zero-order valence-electron chi connectivity index (χ0n) is 8.42. The standard InChI is InChI=1S/C8H11F2N3O2S/c1-2-12-16(14,15)13-8-6(11)4-3-5(9)7(8)10/h3-4,12-13H,2,11H2,1H3. The lowest BCUT2D eigenvalue weighted by atomic mass is 10.2. The number of nitrogen functional groups attached to an aromatic ring is 1. The molecule has 0 saturated carbocycles. The Balaban J connectivity index is 3.11. The quantitative estimate of drug-likeness (QED) is 0.692. The van der Waals surface area contributed by atoms with E-state index in [1.54, 1.807) is 6.92 Å². The number of hydrogen-bond donors (Lipinski definition) is 3. The monoisotopic (exact) mass is 251 g/mol. The van der Waals surface area contributed by atoms with Crippen LogP contribution in [0.2, 0.25) is 0 Å². The van der Waals surface area contributed by atoms with Crippen LogP contribution in [0.1, 0.15) is 6.92 Å². The van der Waals surface area contributed by atoms with Crippen LogP contribution >= 0.6 is 0 Å². The van der Waals surface area contributed by atoms with Gasteiger partial charge in [-0.05, 0) is 12.1 Å². The Hall–Kier alpha value is -1.41. The molecule has 0 amide bonds. The minimum Gasteiger partial charge on any atom is -0.397 e. The summed E-state index contributed by atoms with van der Waals surface area (Å²) in [4.78, 5) is 0. The van der Waals surface area contributed by atoms with Gasteiger partial charge in [0.1, 0.15) is 5.69 Å². The molecular formula is C8H11F2N3O2S. The molecule has 0 unspecified atom stereocenters. The van der Waals surface area contributed by atoms with Crippen molar-refractivity contribution in [2.24, 2.45) is 0 Å². The molecule has 0 aromatic heterocycles. The summed E-state index contributed by atoms with van der Waals surface area (Å²) in [6, 6.07) is 1.89. The first-order valence-corrected chi connectivity index (χ1v) is 5.86. The number of benzene rings is 1. The maximum atomic E-state index is 13.2. The number of nitrogens with two attached hydrogens (primary N) is 1. The van der Waals surface area contributed by atoms with E-state index in [2.05, 4.69) is 4.72 Å². The van der Waals surface area contributed by atoms with E-state index in [1.807, 2.05) is 4.72 Å². The Kier molecular flexibility index (Phi) is 3.66. The lowest BCUT2D eigenvalue weighted by Gasteiger charge is -2.11. The molecule has 0 fully saturated rings.